The van der Waals surface area contributed by atoms with Gasteiger partial charge in [-0.2, -0.15) is 0 Å². The number of benzene rings is 2. The van der Waals surface area contributed by atoms with Gasteiger partial charge in [0, 0.05) is 6.04 Å². The van der Waals surface area contributed by atoms with Crippen LogP contribution in [0.4, 0.5) is 0 Å². The van der Waals surface area contributed by atoms with Crippen molar-refractivity contribution in [3.8, 4) is 0 Å². The van der Waals surface area contributed by atoms with Gasteiger partial charge in [0.15, 0.2) is 0 Å². The summed E-state index contributed by atoms with van der Waals surface area (Å²) in [6.45, 7) is 1.96. The van der Waals surface area contributed by atoms with Gasteiger partial charge >= 0.3 is 0 Å². The summed E-state index contributed by atoms with van der Waals surface area (Å²) in [6, 6.07) is 13.0. The van der Waals surface area contributed by atoms with E-state index in [-0.39, 0.29) is 11.5 Å². The molecule has 4 rings (SSSR count). The summed E-state index contributed by atoms with van der Waals surface area (Å²) >= 11 is 0. The first-order valence-corrected chi connectivity index (χ1v) is 7.66. The van der Waals surface area contributed by atoms with Gasteiger partial charge in [0.05, 0.1) is 10.8 Å². The van der Waals surface area contributed by atoms with Gasteiger partial charge in [0.1, 0.15) is 11.2 Å². The normalized spacial score (nSPS) is 19.8. The van der Waals surface area contributed by atoms with E-state index in [4.69, 9.17) is 10.2 Å². The van der Waals surface area contributed by atoms with E-state index >= 15 is 0 Å². The first-order valence-electron chi connectivity index (χ1n) is 7.66. The molecular formula is C18H18N2O2. The molecule has 0 amide bonds. The molecule has 4 nitrogen and oxygen atoms in total. The Labute approximate surface area is 127 Å². The summed E-state index contributed by atoms with van der Waals surface area (Å²) in [6.07, 6.45) is 1.08. The fraction of sp³-hybridized carbons (Fsp3) is 0.278. The molecule has 0 aliphatic carbocycles. The molecule has 2 heterocycles. The topological polar surface area (TPSA) is 68.3 Å². The Balaban J connectivity index is 1.86. The van der Waals surface area contributed by atoms with Crippen LogP contribution in [-0.2, 0) is 0 Å². The van der Waals surface area contributed by atoms with Crippen molar-refractivity contribution < 1.29 is 4.42 Å². The van der Waals surface area contributed by atoms with Crippen molar-refractivity contribution in [2.75, 3.05) is 13.1 Å². The molecule has 0 bridgehead atoms. The zero-order chi connectivity index (χ0) is 15.1. The summed E-state index contributed by atoms with van der Waals surface area (Å²) in [5, 5.41) is 4.57. The molecule has 22 heavy (non-hydrogen) atoms. The molecular weight excluding hydrogens is 276 g/mol. The summed E-state index contributed by atoms with van der Waals surface area (Å²) in [5.74, 6) is 0.435. The number of hydrogen-bond donors (Lipinski definition) is 2. The van der Waals surface area contributed by atoms with E-state index in [0.29, 0.717) is 27.9 Å². The van der Waals surface area contributed by atoms with E-state index in [2.05, 4.69) is 5.32 Å². The number of para-hydroxylation sites is 1. The molecule has 1 aromatic heterocycles. The summed E-state index contributed by atoms with van der Waals surface area (Å²) in [5.41, 5.74) is 8.66. The van der Waals surface area contributed by atoms with Gasteiger partial charge in [-0.1, -0.05) is 18.2 Å². The third-order valence-electron chi connectivity index (χ3n) is 4.59. The average molecular weight is 294 g/mol. The zero-order valence-electron chi connectivity index (χ0n) is 12.2. The second-order valence-corrected chi connectivity index (χ2v) is 5.96. The SMILES string of the molecule is NC(c1ccc2c(=O)c3ccccc3oc2c1)C1CCNC1. The smallest absolute Gasteiger partial charge is 0.200 e. The molecule has 1 aliphatic heterocycles. The van der Waals surface area contributed by atoms with Gasteiger partial charge in [-0.3, -0.25) is 4.79 Å². The van der Waals surface area contributed by atoms with Crippen LogP contribution in [0.1, 0.15) is 18.0 Å². The Kier molecular flexibility index (Phi) is 3.21. The molecule has 0 saturated carbocycles. The maximum atomic E-state index is 12.5. The van der Waals surface area contributed by atoms with E-state index in [1.807, 2.05) is 36.4 Å². The first kappa shape index (κ1) is 13.5. The van der Waals surface area contributed by atoms with Crippen LogP contribution >= 0.6 is 0 Å². The van der Waals surface area contributed by atoms with Gasteiger partial charge in [0.2, 0.25) is 5.43 Å². The highest BCUT2D eigenvalue weighted by Gasteiger charge is 2.23. The lowest BCUT2D eigenvalue weighted by atomic mass is 9.92. The summed E-state index contributed by atoms with van der Waals surface area (Å²) < 4.78 is 5.91. The Bertz CT molecular complexity index is 894. The van der Waals surface area contributed by atoms with Crippen molar-refractivity contribution in [3.05, 3.63) is 58.3 Å². The zero-order valence-corrected chi connectivity index (χ0v) is 12.2. The van der Waals surface area contributed by atoms with Crippen LogP contribution in [0.3, 0.4) is 0 Å². The minimum atomic E-state index is -0.0313. The number of fused-ring (bicyclic) bond motifs is 2. The van der Waals surface area contributed by atoms with Crippen LogP contribution in [0, 0.1) is 5.92 Å². The number of nitrogens with one attached hydrogen (secondary N) is 1. The predicted molar refractivity (Wildman–Crippen MR) is 87.9 cm³/mol. The van der Waals surface area contributed by atoms with Gasteiger partial charge in [-0.05, 0) is 55.3 Å². The molecule has 1 fully saturated rings. The Morgan fingerprint density at radius 3 is 2.77 bits per heavy atom. The molecule has 2 aromatic carbocycles. The van der Waals surface area contributed by atoms with Gasteiger partial charge in [-0.15, -0.1) is 0 Å². The Hall–Kier alpha value is -2.17. The van der Waals surface area contributed by atoms with Crippen LogP contribution in [0.5, 0.6) is 0 Å². The standard InChI is InChI=1S/C18H18N2O2/c19-17(12-7-8-20-10-12)11-5-6-14-16(9-11)22-15-4-2-1-3-13(15)18(14)21/h1-6,9,12,17,20H,7-8,10,19H2. The maximum Gasteiger partial charge on any atom is 0.200 e. The van der Waals surface area contributed by atoms with Crippen LogP contribution in [-0.4, -0.2) is 13.1 Å². The van der Waals surface area contributed by atoms with Crippen LogP contribution in [0.2, 0.25) is 0 Å². The quantitative estimate of drug-likeness (QED) is 0.713. The molecule has 2 unspecified atom stereocenters. The highest BCUT2D eigenvalue weighted by molar-refractivity contribution is 5.89. The largest absolute Gasteiger partial charge is 0.456 e. The van der Waals surface area contributed by atoms with Crippen molar-refractivity contribution >= 4 is 21.9 Å². The number of nitrogens with two attached hydrogens (primary N) is 1. The molecule has 112 valence electrons. The second kappa shape index (κ2) is 5.23. The Morgan fingerprint density at radius 2 is 1.95 bits per heavy atom. The van der Waals surface area contributed by atoms with Gasteiger partial charge < -0.3 is 15.5 Å². The maximum absolute atomic E-state index is 12.5. The van der Waals surface area contributed by atoms with Crippen LogP contribution < -0.4 is 16.5 Å². The summed E-state index contributed by atoms with van der Waals surface area (Å²) in [4.78, 5) is 12.5. The minimum absolute atomic E-state index is 0.0134. The van der Waals surface area contributed by atoms with Crippen LogP contribution in [0.25, 0.3) is 21.9 Å². The predicted octanol–water partition coefficient (Wildman–Crippen LogP) is 2.56. The first-order chi connectivity index (χ1) is 10.7. The number of hydrogen-bond acceptors (Lipinski definition) is 4. The lowest BCUT2D eigenvalue weighted by Gasteiger charge is -2.18. The molecule has 1 aliphatic rings. The average Bonchev–Trinajstić information content (AvgIpc) is 3.08. The monoisotopic (exact) mass is 294 g/mol. The molecule has 4 heteroatoms. The minimum Gasteiger partial charge on any atom is -0.456 e. The van der Waals surface area contributed by atoms with Gasteiger partial charge in [0.25, 0.3) is 0 Å². The number of rotatable bonds is 2. The third-order valence-corrected chi connectivity index (χ3v) is 4.59. The van der Waals surface area contributed by atoms with Crippen molar-refractivity contribution in [1.29, 1.82) is 0 Å². The second-order valence-electron chi connectivity index (χ2n) is 5.96. The summed E-state index contributed by atoms with van der Waals surface area (Å²) in [7, 11) is 0. The van der Waals surface area contributed by atoms with Gasteiger partial charge in [-0.25, -0.2) is 0 Å². The van der Waals surface area contributed by atoms with Crippen molar-refractivity contribution in [3.63, 3.8) is 0 Å². The third kappa shape index (κ3) is 2.12. The Morgan fingerprint density at radius 1 is 1.14 bits per heavy atom. The fourth-order valence-electron chi connectivity index (χ4n) is 3.28. The van der Waals surface area contributed by atoms with E-state index in [1.165, 1.54) is 0 Å². The molecule has 0 spiro atoms. The van der Waals surface area contributed by atoms with E-state index < -0.39 is 0 Å². The van der Waals surface area contributed by atoms with Crippen molar-refractivity contribution in [2.24, 2.45) is 11.7 Å². The van der Waals surface area contributed by atoms with E-state index in [9.17, 15) is 4.79 Å². The van der Waals surface area contributed by atoms with Crippen molar-refractivity contribution in [2.45, 2.75) is 12.5 Å². The lowest BCUT2D eigenvalue weighted by molar-refractivity contribution is 0.470. The molecule has 1 saturated heterocycles. The van der Waals surface area contributed by atoms with E-state index in [1.54, 1.807) is 6.07 Å². The van der Waals surface area contributed by atoms with Crippen LogP contribution in [0.15, 0.2) is 51.7 Å². The highest BCUT2D eigenvalue weighted by atomic mass is 16.3. The highest BCUT2D eigenvalue weighted by Crippen LogP contribution is 2.27. The molecule has 3 aromatic rings. The molecule has 0 radical (unpaired) electrons. The van der Waals surface area contributed by atoms with E-state index in [0.717, 1.165) is 25.1 Å². The molecule has 2 atom stereocenters. The molecule has 3 N–H and O–H groups in total. The van der Waals surface area contributed by atoms with Crippen molar-refractivity contribution in [1.82, 2.24) is 5.32 Å². The fourth-order valence-corrected chi connectivity index (χ4v) is 3.28. The lowest BCUT2D eigenvalue weighted by Crippen LogP contribution is -2.23.